The Balaban J connectivity index is 1.37. The first-order valence-corrected chi connectivity index (χ1v) is 15.5. The molecule has 2 fully saturated rings. The van der Waals surface area contributed by atoms with Gasteiger partial charge in [-0.25, -0.2) is 12.8 Å². The molecular formula is C30H30F4N2O7S. The summed E-state index contributed by atoms with van der Waals surface area (Å²) in [5.41, 5.74) is -4.90. The Kier molecular flexibility index (Phi) is 8.49. The molecular weight excluding hydrogens is 608 g/mol. The average Bonchev–Trinajstić information content (AvgIpc) is 3.58. The quantitative estimate of drug-likeness (QED) is 0.339. The third kappa shape index (κ3) is 5.91. The highest BCUT2D eigenvalue weighted by Crippen LogP contribution is 2.49. The van der Waals surface area contributed by atoms with Crippen molar-refractivity contribution in [1.82, 2.24) is 5.32 Å². The molecule has 14 heteroatoms. The molecule has 0 aliphatic heterocycles. The number of carbonyl (C=O) groups is 3. The van der Waals surface area contributed by atoms with E-state index >= 15 is 4.39 Å². The van der Waals surface area contributed by atoms with Crippen molar-refractivity contribution in [2.24, 2.45) is 23.7 Å². The predicted octanol–water partition coefficient (Wildman–Crippen LogP) is 5.18. The number of fused-ring (bicyclic) bond motifs is 2. The van der Waals surface area contributed by atoms with Crippen LogP contribution in [0.15, 0.2) is 47.4 Å². The second kappa shape index (κ2) is 11.9. The second-order valence-corrected chi connectivity index (χ2v) is 13.3. The van der Waals surface area contributed by atoms with Gasteiger partial charge in [-0.3, -0.25) is 14.4 Å². The molecule has 0 saturated heterocycles. The number of benzene rings is 2. The summed E-state index contributed by atoms with van der Waals surface area (Å²) in [6.45, 7) is 0. The molecule has 2 aromatic carbocycles. The van der Waals surface area contributed by atoms with Gasteiger partial charge in [0.2, 0.25) is 5.91 Å². The normalized spacial score (nSPS) is 24.8. The Morgan fingerprint density at radius 2 is 1.77 bits per heavy atom. The minimum atomic E-state index is -5.62. The summed E-state index contributed by atoms with van der Waals surface area (Å²) < 4.78 is 83.2. The Bertz CT molecular complexity index is 1640. The van der Waals surface area contributed by atoms with Crippen LogP contribution in [0.4, 0.5) is 23.2 Å². The molecule has 0 radical (unpaired) electrons. The Hall–Kier alpha value is -3.94. The molecule has 2 bridgehead atoms. The molecule has 1 unspecified atom stereocenters. The number of alkyl halides is 3. The monoisotopic (exact) mass is 638 g/mol. The third-order valence-electron chi connectivity index (χ3n) is 8.87. The molecule has 0 aromatic heterocycles. The van der Waals surface area contributed by atoms with E-state index in [2.05, 4.69) is 10.6 Å². The first-order chi connectivity index (χ1) is 20.7. The van der Waals surface area contributed by atoms with Crippen LogP contribution >= 0.6 is 0 Å². The molecule has 3 N–H and O–H groups in total. The summed E-state index contributed by atoms with van der Waals surface area (Å²) in [6, 6.07) is 5.69. The van der Waals surface area contributed by atoms with Crippen molar-refractivity contribution in [3.05, 3.63) is 59.4 Å². The summed E-state index contributed by atoms with van der Waals surface area (Å²) in [4.78, 5) is 37.3. The minimum Gasteiger partial charge on any atom is -0.496 e. The van der Waals surface area contributed by atoms with Crippen LogP contribution in [0.5, 0.6) is 5.75 Å². The van der Waals surface area contributed by atoms with Crippen LogP contribution in [-0.4, -0.2) is 50.0 Å². The molecule has 236 valence electrons. The van der Waals surface area contributed by atoms with Gasteiger partial charge in [-0.2, -0.15) is 13.2 Å². The zero-order chi connectivity index (χ0) is 32.0. The Morgan fingerprint density at radius 1 is 1.05 bits per heavy atom. The molecule has 3 aliphatic carbocycles. The molecule has 2 saturated carbocycles. The van der Waals surface area contributed by atoms with Crippen LogP contribution in [0.1, 0.15) is 54.4 Å². The lowest BCUT2D eigenvalue weighted by molar-refractivity contribution is -0.141. The number of methoxy groups -OCH3 is 1. The molecule has 0 spiro atoms. The molecule has 0 heterocycles. The van der Waals surface area contributed by atoms with Crippen molar-refractivity contribution < 1.29 is 50.2 Å². The number of sulfone groups is 1. The number of amides is 2. The summed E-state index contributed by atoms with van der Waals surface area (Å²) >= 11 is 0. The molecule has 44 heavy (non-hydrogen) atoms. The van der Waals surface area contributed by atoms with E-state index in [1.165, 1.54) is 19.2 Å². The molecule has 5 atom stereocenters. The summed E-state index contributed by atoms with van der Waals surface area (Å²) in [7, 11) is -4.34. The molecule has 5 rings (SSSR count). The number of ether oxygens (including phenoxy) is 1. The van der Waals surface area contributed by atoms with Crippen LogP contribution in [0.25, 0.3) is 5.57 Å². The van der Waals surface area contributed by atoms with E-state index in [0.717, 1.165) is 30.7 Å². The Morgan fingerprint density at radius 3 is 2.41 bits per heavy atom. The SMILES string of the molecule is COc1cc(F)c(C2=CCC(C(=O)O)CC2)cc1C(=O)N[C@@H]1[C@H]2CC[C@H](C2)[C@@H]1C(=O)Nc1cccc(S(=O)(=O)C(F)(F)F)c1. The van der Waals surface area contributed by atoms with Crippen LogP contribution < -0.4 is 15.4 Å². The fraction of sp³-hybridized carbons (Fsp3) is 0.433. The van der Waals surface area contributed by atoms with E-state index in [-0.39, 0.29) is 40.8 Å². The molecule has 2 amide bonds. The highest BCUT2D eigenvalue weighted by atomic mass is 32.2. The van der Waals surface area contributed by atoms with Gasteiger partial charge in [0.25, 0.3) is 15.7 Å². The van der Waals surface area contributed by atoms with Gasteiger partial charge in [0.1, 0.15) is 11.6 Å². The van der Waals surface area contributed by atoms with E-state index in [4.69, 9.17) is 4.74 Å². The maximum Gasteiger partial charge on any atom is 0.501 e. The molecule has 3 aliphatic rings. The zero-order valence-electron chi connectivity index (χ0n) is 23.5. The van der Waals surface area contributed by atoms with E-state index < -0.39 is 61.7 Å². The lowest BCUT2D eigenvalue weighted by Gasteiger charge is -2.31. The maximum atomic E-state index is 15.1. The van der Waals surface area contributed by atoms with Crippen molar-refractivity contribution in [2.75, 3.05) is 12.4 Å². The van der Waals surface area contributed by atoms with Crippen LogP contribution in [-0.2, 0) is 19.4 Å². The number of carboxylic acids is 1. The number of anilines is 1. The lowest BCUT2D eigenvalue weighted by Crippen LogP contribution is -2.48. The average molecular weight is 639 g/mol. The minimum absolute atomic E-state index is 0.0251. The fourth-order valence-electron chi connectivity index (χ4n) is 6.66. The molecule has 2 aromatic rings. The van der Waals surface area contributed by atoms with Crippen LogP contribution in [0.3, 0.4) is 0 Å². The van der Waals surface area contributed by atoms with Crippen molar-refractivity contribution in [2.45, 2.75) is 55.0 Å². The standard InChI is InChI=1S/C30H30F4N2O7S/c1-43-24-14-23(31)21(15-5-7-16(8-6-15)29(39)40)13-22(24)27(37)36-26-18-10-9-17(11-18)25(26)28(38)35-19-3-2-4-20(12-19)44(41,42)30(32,33)34/h2-5,12-14,16-18,25-26H,6-11H2,1H3,(H,35,38)(H,36,37)(H,39,40)/t16?,17-,18+,25+,26-/m1/s1. The second-order valence-electron chi connectivity index (χ2n) is 11.4. The maximum absolute atomic E-state index is 15.1. The number of rotatable bonds is 8. The number of carbonyl (C=O) groups excluding carboxylic acids is 2. The number of aliphatic carboxylic acids is 1. The van der Waals surface area contributed by atoms with Crippen LogP contribution in [0, 0.1) is 29.5 Å². The number of hydrogen-bond acceptors (Lipinski definition) is 6. The number of hydrogen-bond donors (Lipinski definition) is 3. The van der Waals surface area contributed by atoms with Gasteiger partial charge in [-0.1, -0.05) is 12.1 Å². The van der Waals surface area contributed by atoms with Gasteiger partial charge < -0.3 is 20.5 Å². The molecule has 9 nitrogen and oxygen atoms in total. The van der Waals surface area contributed by atoms with Crippen molar-refractivity contribution in [1.29, 1.82) is 0 Å². The van der Waals surface area contributed by atoms with Gasteiger partial charge >= 0.3 is 11.5 Å². The first kappa shape index (κ1) is 31.5. The van der Waals surface area contributed by atoms with Gasteiger partial charge in [0.05, 0.1) is 29.4 Å². The number of nitrogens with one attached hydrogen (secondary N) is 2. The van der Waals surface area contributed by atoms with E-state index in [1.807, 2.05) is 0 Å². The zero-order valence-corrected chi connectivity index (χ0v) is 24.3. The first-order valence-electron chi connectivity index (χ1n) is 14.0. The van der Waals surface area contributed by atoms with E-state index in [0.29, 0.717) is 31.3 Å². The summed E-state index contributed by atoms with van der Waals surface area (Å²) in [5.74, 6) is -4.28. The number of carboxylic acid groups (broad SMARTS) is 1. The topological polar surface area (TPSA) is 139 Å². The van der Waals surface area contributed by atoms with Crippen LogP contribution in [0.2, 0.25) is 0 Å². The van der Waals surface area contributed by atoms with Gasteiger partial charge in [-0.15, -0.1) is 0 Å². The van der Waals surface area contributed by atoms with Gasteiger partial charge in [0, 0.05) is 23.4 Å². The third-order valence-corrected chi connectivity index (χ3v) is 10.4. The van der Waals surface area contributed by atoms with Gasteiger partial charge in [-0.05, 0) is 80.2 Å². The fourth-order valence-corrected chi connectivity index (χ4v) is 7.46. The van der Waals surface area contributed by atoms with Crippen molar-refractivity contribution in [3.8, 4) is 5.75 Å². The highest BCUT2D eigenvalue weighted by Gasteiger charge is 2.52. The summed E-state index contributed by atoms with van der Waals surface area (Å²) in [6.07, 6.45) is 4.58. The van der Waals surface area contributed by atoms with E-state index in [1.54, 1.807) is 6.08 Å². The van der Waals surface area contributed by atoms with E-state index in [9.17, 15) is 41.1 Å². The Labute approximate surface area is 250 Å². The highest BCUT2D eigenvalue weighted by molar-refractivity contribution is 7.92. The van der Waals surface area contributed by atoms with Gasteiger partial charge in [0.15, 0.2) is 0 Å². The summed E-state index contributed by atoms with van der Waals surface area (Å²) in [5, 5.41) is 14.7. The van der Waals surface area contributed by atoms with Crippen molar-refractivity contribution in [3.63, 3.8) is 0 Å². The number of halogens is 4. The van der Waals surface area contributed by atoms with Crippen molar-refractivity contribution >= 4 is 38.9 Å². The lowest BCUT2D eigenvalue weighted by atomic mass is 9.83. The predicted molar refractivity (Wildman–Crippen MR) is 150 cm³/mol. The smallest absolute Gasteiger partial charge is 0.496 e. The number of allylic oxidation sites excluding steroid dienone is 2. The largest absolute Gasteiger partial charge is 0.501 e.